The summed E-state index contributed by atoms with van der Waals surface area (Å²) in [5.74, 6) is -1.01. The van der Waals surface area contributed by atoms with E-state index in [0.29, 0.717) is 16.7 Å². The van der Waals surface area contributed by atoms with Crippen LogP contribution >= 0.6 is 27.3 Å². The second-order valence-corrected chi connectivity index (χ2v) is 6.10. The fourth-order valence-electron chi connectivity index (χ4n) is 1.67. The Morgan fingerprint density at radius 3 is 2.71 bits per heavy atom. The number of carbonyl (C=O) groups excluding carboxylic acids is 1. The summed E-state index contributed by atoms with van der Waals surface area (Å²) in [5, 5.41) is 16.3. The smallest absolute Gasteiger partial charge is 0.335 e. The average Bonchev–Trinajstić information content (AvgIpc) is 2.94. The molecule has 1 aromatic heterocycles. The first-order valence-electron chi connectivity index (χ1n) is 6.16. The Labute approximate surface area is 134 Å². The summed E-state index contributed by atoms with van der Waals surface area (Å²) >= 11 is 4.89. The molecule has 110 valence electrons. The predicted octanol–water partition coefficient (Wildman–Crippen LogP) is 3.57. The van der Waals surface area contributed by atoms with Gasteiger partial charge in [-0.3, -0.25) is 0 Å². The van der Waals surface area contributed by atoms with Crippen LogP contribution in [0.1, 0.15) is 15.2 Å². The lowest BCUT2D eigenvalue weighted by molar-refractivity contribution is 0.0697. The molecule has 0 aliphatic heterocycles. The highest BCUT2D eigenvalue weighted by Crippen LogP contribution is 2.23. The van der Waals surface area contributed by atoms with Crippen molar-refractivity contribution in [1.29, 1.82) is 0 Å². The van der Waals surface area contributed by atoms with Crippen LogP contribution in [0.3, 0.4) is 0 Å². The highest BCUT2D eigenvalue weighted by molar-refractivity contribution is 9.10. The minimum atomic E-state index is -1.01. The van der Waals surface area contributed by atoms with Crippen LogP contribution in [0.5, 0.6) is 0 Å². The molecule has 0 spiro atoms. The van der Waals surface area contributed by atoms with Gasteiger partial charge in [-0.1, -0.05) is 6.07 Å². The molecule has 2 aromatic rings. The molecule has 2 amide bonds. The molecule has 3 N–H and O–H groups in total. The van der Waals surface area contributed by atoms with E-state index in [-0.39, 0.29) is 11.6 Å². The quantitative estimate of drug-likeness (QED) is 0.754. The topological polar surface area (TPSA) is 78.4 Å². The van der Waals surface area contributed by atoms with Crippen molar-refractivity contribution in [3.63, 3.8) is 0 Å². The normalized spacial score (nSPS) is 10.1. The molecule has 0 aliphatic carbocycles. The van der Waals surface area contributed by atoms with Gasteiger partial charge < -0.3 is 15.7 Å². The van der Waals surface area contributed by atoms with E-state index >= 15 is 0 Å². The summed E-state index contributed by atoms with van der Waals surface area (Å²) in [6, 6.07) is 8.10. The highest BCUT2D eigenvalue weighted by atomic mass is 79.9. The van der Waals surface area contributed by atoms with Crippen molar-refractivity contribution in [3.8, 4) is 0 Å². The fraction of sp³-hybridized carbons (Fsp3) is 0.143. The van der Waals surface area contributed by atoms with E-state index in [0.717, 1.165) is 6.42 Å². The molecule has 5 nitrogen and oxygen atoms in total. The van der Waals surface area contributed by atoms with Gasteiger partial charge in [-0.25, -0.2) is 9.59 Å². The lowest BCUT2D eigenvalue weighted by atomic mass is 10.2. The molecular formula is C14H13BrN2O3S. The van der Waals surface area contributed by atoms with Crippen molar-refractivity contribution in [2.45, 2.75) is 6.42 Å². The summed E-state index contributed by atoms with van der Waals surface area (Å²) in [6.45, 7) is 0.539. The lowest BCUT2D eigenvalue weighted by Crippen LogP contribution is -2.30. The molecule has 0 bridgehead atoms. The first kappa shape index (κ1) is 15.5. The molecule has 0 aliphatic rings. The third-order valence-corrected chi connectivity index (χ3v) is 4.29. The number of aromatic carboxylic acids is 1. The highest BCUT2D eigenvalue weighted by Gasteiger charge is 2.09. The van der Waals surface area contributed by atoms with Crippen molar-refractivity contribution < 1.29 is 14.7 Å². The van der Waals surface area contributed by atoms with Crippen LogP contribution in [0.4, 0.5) is 10.5 Å². The molecule has 0 fully saturated rings. The summed E-state index contributed by atoms with van der Waals surface area (Å²) in [6.07, 6.45) is 0.782. The van der Waals surface area contributed by atoms with Crippen molar-refractivity contribution in [2.24, 2.45) is 0 Å². The number of benzene rings is 1. The Morgan fingerprint density at radius 1 is 1.29 bits per heavy atom. The number of amides is 2. The Balaban J connectivity index is 1.86. The Hall–Kier alpha value is -1.86. The van der Waals surface area contributed by atoms with Gasteiger partial charge in [0.05, 0.1) is 11.3 Å². The number of hydrogen-bond donors (Lipinski definition) is 3. The van der Waals surface area contributed by atoms with Crippen LogP contribution < -0.4 is 10.6 Å². The van der Waals surface area contributed by atoms with Gasteiger partial charge in [0.25, 0.3) is 0 Å². The molecule has 0 atom stereocenters. The second-order valence-electron chi connectivity index (χ2n) is 4.21. The van der Waals surface area contributed by atoms with E-state index in [1.54, 1.807) is 17.4 Å². The zero-order valence-electron chi connectivity index (χ0n) is 10.9. The summed E-state index contributed by atoms with van der Waals surface area (Å²) in [5.41, 5.74) is 0.680. The number of rotatable bonds is 5. The summed E-state index contributed by atoms with van der Waals surface area (Å²) in [7, 11) is 0. The first-order valence-corrected chi connectivity index (χ1v) is 7.83. The van der Waals surface area contributed by atoms with Crippen molar-refractivity contribution in [1.82, 2.24) is 5.32 Å². The fourth-order valence-corrected chi connectivity index (χ4v) is 2.86. The van der Waals surface area contributed by atoms with Gasteiger partial charge in [0, 0.05) is 15.9 Å². The van der Waals surface area contributed by atoms with E-state index in [2.05, 4.69) is 26.6 Å². The van der Waals surface area contributed by atoms with Gasteiger partial charge in [0.2, 0.25) is 0 Å². The Morgan fingerprint density at radius 2 is 2.10 bits per heavy atom. The molecule has 7 heteroatoms. The minimum absolute atomic E-state index is 0.158. The second kappa shape index (κ2) is 7.24. The van der Waals surface area contributed by atoms with E-state index in [9.17, 15) is 9.59 Å². The number of anilines is 1. The van der Waals surface area contributed by atoms with Crippen LogP contribution in [-0.2, 0) is 6.42 Å². The largest absolute Gasteiger partial charge is 0.478 e. The number of thiophene rings is 1. The third kappa shape index (κ3) is 4.57. The Kier molecular flexibility index (Phi) is 5.35. The summed E-state index contributed by atoms with van der Waals surface area (Å²) < 4.78 is 0.524. The van der Waals surface area contributed by atoms with E-state index in [4.69, 9.17) is 5.11 Å². The molecule has 0 saturated heterocycles. The number of carboxylic acid groups (broad SMARTS) is 1. The zero-order chi connectivity index (χ0) is 15.2. The van der Waals surface area contributed by atoms with Crippen molar-refractivity contribution >= 4 is 45.0 Å². The third-order valence-electron chi connectivity index (χ3n) is 2.70. The maximum atomic E-state index is 11.8. The number of halogens is 1. The molecule has 1 aromatic carbocycles. The molecule has 2 rings (SSSR count). The van der Waals surface area contributed by atoms with Gasteiger partial charge in [0.1, 0.15) is 0 Å². The number of carboxylic acids is 1. The maximum Gasteiger partial charge on any atom is 0.335 e. The zero-order valence-corrected chi connectivity index (χ0v) is 13.3. The molecule has 0 saturated carbocycles. The van der Waals surface area contributed by atoms with Gasteiger partial charge in [-0.15, -0.1) is 11.3 Å². The minimum Gasteiger partial charge on any atom is -0.478 e. The van der Waals surface area contributed by atoms with Gasteiger partial charge in [-0.2, -0.15) is 0 Å². The van der Waals surface area contributed by atoms with E-state index < -0.39 is 5.97 Å². The molecule has 0 radical (unpaired) electrons. The SMILES string of the molecule is O=C(NCCc1cccs1)Nc1ccc(C(=O)O)cc1Br. The molecular weight excluding hydrogens is 356 g/mol. The van der Waals surface area contributed by atoms with Gasteiger partial charge in [0.15, 0.2) is 0 Å². The Bertz CT molecular complexity index is 644. The predicted molar refractivity (Wildman–Crippen MR) is 86.1 cm³/mol. The van der Waals surface area contributed by atoms with Crippen molar-refractivity contribution in [3.05, 3.63) is 50.6 Å². The van der Waals surface area contributed by atoms with Crippen molar-refractivity contribution in [2.75, 3.05) is 11.9 Å². The number of hydrogen-bond acceptors (Lipinski definition) is 3. The lowest BCUT2D eigenvalue weighted by Gasteiger charge is -2.09. The van der Waals surface area contributed by atoms with Crippen LogP contribution in [0, 0.1) is 0 Å². The van der Waals surface area contributed by atoms with Gasteiger partial charge in [-0.05, 0) is 52.0 Å². The van der Waals surface area contributed by atoms with E-state index in [1.807, 2.05) is 17.5 Å². The maximum absolute atomic E-state index is 11.8. The number of carbonyl (C=O) groups is 2. The van der Waals surface area contributed by atoms with E-state index in [1.165, 1.54) is 17.0 Å². The van der Waals surface area contributed by atoms with Gasteiger partial charge >= 0.3 is 12.0 Å². The molecule has 1 heterocycles. The first-order chi connectivity index (χ1) is 10.1. The van der Waals surface area contributed by atoms with Crippen LogP contribution in [0.2, 0.25) is 0 Å². The number of urea groups is 1. The van der Waals surface area contributed by atoms with Crippen LogP contribution in [0.25, 0.3) is 0 Å². The summed E-state index contributed by atoms with van der Waals surface area (Å²) in [4.78, 5) is 23.8. The number of nitrogens with one attached hydrogen (secondary N) is 2. The standard InChI is InChI=1S/C14H13BrN2O3S/c15-11-8-9(13(18)19)3-4-12(11)17-14(20)16-6-5-10-2-1-7-21-10/h1-4,7-8H,5-6H2,(H,18,19)(H2,16,17,20). The molecule has 0 unspecified atom stereocenters. The van der Waals surface area contributed by atoms with Crippen LogP contribution in [0.15, 0.2) is 40.2 Å². The average molecular weight is 369 g/mol. The van der Waals surface area contributed by atoms with Crippen LogP contribution in [-0.4, -0.2) is 23.7 Å². The monoisotopic (exact) mass is 368 g/mol. The molecule has 21 heavy (non-hydrogen) atoms.